The molecule has 0 aromatic heterocycles. The molecule has 0 aliphatic carbocycles. The molecule has 7 heteroatoms. The number of hydrogen-bond donors (Lipinski definition) is 1. The second-order valence-corrected chi connectivity index (χ2v) is 8.66. The zero-order chi connectivity index (χ0) is 19.8. The fourth-order valence-electron chi connectivity index (χ4n) is 3.22. The van der Waals surface area contributed by atoms with Crippen LogP contribution < -0.4 is 4.72 Å². The van der Waals surface area contributed by atoms with E-state index in [1.807, 2.05) is 48.5 Å². The molecule has 150 valence electrons. The predicted molar refractivity (Wildman–Crippen MR) is 108 cm³/mol. The van der Waals surface area contributed by atoms with Gasteiger partial charge in [0.2, 0.25) is 15.9 Å². The van der Waals surface area contributed by atoms with Crippen molar-refractivity contribution in [2.24, 2.45) is 0 Å². The third-order valence-electron chi connectivity index (χ3n) is 4.68. The van der Waals surface area contributed by atoms with Gasteiger partial charge >= 0.3 is 0 Å². The van der Waals surface area contributed by atoms with Gasteiger partial charge in [-0.05, 0) is 17.5 Å². The molecule has 1 N–H and O–H groups in total. The van der Waals surface area contributed by atoms with E-state index in [4.69, 9.17) is 4.74 Å². The number of rotatable bonds is 8. The summed E-state index contributed by atoms with van der Waals surface area (Å²) in [5.41, 5.74) is 1.81. The summed E-state index contributed by atoms with van der Waals surface area (Å²) < 4.78 is 32.6. The number of carbonyl (C=O) groups excluding carboxylic acids is 1. The van der Waals surface area contributed by atoms with Crippen LogP contribution in [0.1, 0.15) is 30.1 Å². The van der Waals surface area contributed by atoms with Crippen molar-refractivity contribution in [3.8, 4) is 0 Å². The van der Waals surface area contributed by atoms with Gasteiger partial charge in [0, 0.05) is 19.5 Å². The van der Waals surface area contributed by atoms with E-state index in [0.717, 1.165) is 11.1 Å². The maximum Gasteiger partial charge on any atom is 0.222 e. The normalized spacial score (nSPS) is 17.4. The Kier molecular flexibility index (Phi) is 7.19. The number of morpholine rings is 1. The van der Waals surface area contributed by atoms with Gasteiger partial charge in [-0.3, -0.25) is 4.79 Å². The van der Waals surface area contributed by atoms with E-state index >= 15 is 0 Å². The maximum atomic E-state index is 12.5. The SMILES string of the molecule is O=C(CCCNS(=O)(=O)Cc1ccccc1)N1CCOC(c2ccccc2)C1. The highest BCUT2D eigenvalue weighted by atomic mass is 32.2. The van der Waals surface area contributed by atoms with Crippen LogP contribution in [0.4, 0.5) is 0 Å². The molecule has 28 heavy (non-hydrogen) atoms. The Balaban J connectivity index is 1.41. The monoisotopic (exact) mass is 402 g/mol. The lowest BCUT2D eigenvalue weighted by Crippen LogP contribution is -2.42. The molecule has 1 amide bonds. The summed E-state index contributed by atoms with van der Waals surface area (Å²) in [4.78, 5) is 14.3. The van der Waals surface area contributed by atoms with Crippen molar-refractivity contribution >= 4 is 15.9 Å². The van der Waals surface area contributed by atoms with Gasteiger partial charge in [-0.15, -0.1) is 0 Å². The second kappa shape index (κ2) is 9.82. The zero-order valence-electron chi connectivity index (χ0n) is 15.8. The van der Waals surface area contributed by atoms with Crippen LogP contribution >= 0.6 is 0 Å². The summed E-state index contributed by atoms with van der Waals surface area (Å²) in [6.45, 7) is 1.87. The Labute approximate surface area is 166 Å². The van der Waals surface area contributed by atoms with E-state index in [1.54, 1.807) is 17.0 Å². The highest BCUT2D eigenvalue weighted by Gasteiger charge is 2.25. The van der Waals surface area contributed by atoms with Gasteiger partial charge in [-0.2, -0.15) is 0 Å². The minimum Gasteiger partial charge on any atom is -0.370 e. The van der Waals surface area contributed by atoms with E-state index < -0.39 is 10.0 Å². The van der Waals surface area contributed by atoms with Crippen molar-refractivity contribution in [3.63, 3.8) is 0 Å². The Morgan fingerprint density at radius 1 is 1.07 bits per heavy atom. The molecule has 1 aliphatic heterocycles. The minimum atomic E-state index is -3.40. The Bertz CT molecular complexity index is 856. The van der Waals surface area contributed by atoms with E-state index in [1.165, 1.54) is 0 Å². The number of sulfonamides is 1. The van der Waals surface area contributed by atoms with E-state index in [2.05, 4.69) is 4.72 Å². The molecule has 3 rings (SSSR count). The molecule has 6 nitrogen and oxygen atoms in total. The van der Waals surface area contributed by atoms with Gasteiger partial charge < -0.3 is 9.64 Å². The van der Waals surface area contributed by atoms with Crippen molar-refractivity contribution < 1.29 is 17.9 Å². The lowest BCUT2D eigenvalue weighted by atomic mass is 10.1. The zero-order valence-corrected chi connectivity index (χ0v) is 16.6. The molecule has 2 aromatic rings. The number of nitrogens with zero attached hydrogens (tertiary/aromatic N) is 1. The molecule has 1 aliphatic rings. The molecule has 0 radical (unpaired) electrons. The summed E-state index contributed by atoms with van der Waals surface area (Å²) in [5, 5.41) is 0. The molecule has 1 fully saturated rings. The van der Waals surface area contributed by atoms with Crippen LogP contribution in [0, 0.1) is 0 Å². The third-order valence-corrected chi connectivity index (χ3v) is 6.04. The molecule has 2 aromatic carbocycles. The summed E-state index contributed by atoms with van der Waals surface area (Å²) >= 11 is 0. The largest absolute Gasteiger partial charge is 0.370 e. The van der Waals surface area contributed by atoms with E-state index in [0.29, 0.717) is 32.5 Å². The number of ether oxygens (including phenoxy) is 1. The first-order chi connectivity index (χ1) is 13.5. The average molecular weight is 403 g/mol. The van der Waals surface area contributed by atoms with Crippen LogP contribution in [-0.4, -0.2) is 45.5 Å². The highest BCUT2D eigenvalue weighted by molar-refractivity contribution is 7.88. The van der Waals surface area contributed by atoms with Crippen LogP contribution in [0.25, 0.3) is 0 Å². The minimum absolute atomic E-state index is 0.0338. The summed E-state index contributed by atoms with van der Waals surface area (Å²) in [7, 11) is -3.40. The Morgan fingerprint density at radius 2 is 1.75 bits per heavy atom. The predicted octanol–water partition coefficient (Wildman–Crippen LogP) is 2.49. The second-order valence-electron chi connectivity index (χ2n) is 6.85. The van der Waals surface area contributed by atoms with Crippen LogP contribution in [-0.2, 0) is 25.3 Å². The molecule has 0 bridgehead atoms. The molecule has 0 spiro atoms. The fourth-order valence-corrected chi connectivity index (χ4v) is 4.40. The molecule has 0 saturated carbocycles. The molecule has 1 unspecified atom stereocenters. The first-order valence-corrected chi connectivity index (χ1v) is 11.1. The van der Waals surface area contributed by atoms with Gasteiger partial charge in [0.05, 0.1) is 18.9 Å². The Hall–Kier alpha value is -2.22. The van der Waals surface area contributed by atoms with Crippen molar-refractivity contribution in [2.75, 3.05) is 26.2 Å². The van der Waals surface area contributed by atoms with Crippen molar-refractivity contribution in [3.05, 3.63) is 71.8 Å². The molecular formula is C21H26N2O4S. The smallest absolute Gasteiger partial charge is 0.222 e. The lowest BCUT2D eigenvalue weighted by molar-refractivity contribution is -0.139. The van der Waals surface area contributed by atoms with Crippen LogP contribution in [0.15, 0.2) is 60.7 Å². The number of benzene rings is 2. The maximum absolute atomic E-state index is 12.5. The van der Waals surface area contributed by atoms with Crippen LogP contribution in [0.5, 0.6) is 0 Å². The van der Waals surface area contributed by atoms with Crippen LogP contribution in [0.2, 0.25) is 0 Å². The molecule has 1 atom stereocenters. The first-order valence-electron chi connectivity index (χ1n) is 9.49. The van der Waals surface area contributed by atoms with Crippen molar-refractivity contribution in [1.82, 2.24) is 9.62 Å². The number of hydrogen-bond acceptors (Lipinski definition) is 4. The topological polar surface area (TPSA) is 75.7 Å². The lowest BCUT2D eigenvalue weighted by Gasteiger charge is -2.33. The molecule has 1 heterocycles. The summed E-state index contributed by atoms with van der Waals surface area (Å²) in [6.07, 6.45) is 0.679. The first kappa shape index (κ1) is 20.5. The Morgan fingerprint density at radius 3 is 2.46 bits per heavy atom. The van der Waals surface area contributed by atoms with Gasteiger partial charge in [0.15, 0.2) is 0 Å². The van der Waals surface area contributed by atoms with Crippen molar-refractivity contribution in [2.45, 2.75) is 24.7 Å². The van der Waals surface area contributed by atoms with E-state index in [-0.39, 0.29) is 24.3 Å². The third kappa shape index (κ3) is 6.15. The summed E-state index contributed by atoms with van der Waals surface area (Å²) in [5.74, 6) is -0.0178. The molecular weight excluding hydrogens is 376 g/mol. The average Bonchev–Trinajstić information content (AvgIpc) is 2.72. The highest BCUT2D eigenvalue weighted by Crippen LogP contribution is 2.22. The van der Waals surface area contributed by atoms with Gasteiger partial charge in [0.25, 0.3) is 0 Å². The molecule has 1 saturated heterocycles. The van der Waals surface area contributed by atoms with Crippen molar-refractivity contribution in [1.29, 1.82) is 0 Å². The van der Waals surface area contributed by atoms with Gasteiger partial charge in [-0.25, -0.2) is 13.1 Å². The van der Waals surface area contributed by atoms with Gasteiger partial charge in [-0.1, -0.05) is 60.7 Å². The number of carbonyl (C=O) groups is 1. The number of amides is 1. The standard InChI is InChI=1S/C21H26N2O4S/c24-21(23-14-15-27-20(16-23)19-10-5-2-6-11-19)12-7-13-22-28(25,26)17-18-8-3-1-4-9-18/h1-6,8-11,20,22H,7,12-17H2. The fraction of sp³-hybridized carbons (Fsp3) is 0.381. The number of nitrogens with one attached hydrogen (secondary N) is 1. The quantitative estimate of drug-likeness (QED) is 0.689. The van der Waals surface area contributed by atoms with Gasteiger partial charge in [0.1, 0.15) is 6.10 Å². The van der Waals surface area contributed by atoms with Crippen LogP contribution in [0.3, 0.4) is 0 Å². The summed E-state index contributed by atoms with van der Waals surface area (Å²) in [6, 6.07) is 18.9. The van der Waals surface area contributed by atoms with E-state index in [9.17, 15) is 13.2 Å².